The average molecular weight is 175 g/mol. The van der Waals surface area contributed by atoms with Gasteiger partial charge in [-0.3, -0.25) is 0 Å². The highest BCUT2D eigenvalue weighted by Gasteiger charge is 2.21. The van der Waals surface area contributed by atoms with Gasteiger partial charge in [0.15, 0.2) is 0 Å². The van der Waals surface area contributed by atoms with Crippen LogP contribution in [0.2, 0.25) is 0 Å². The SMILES string of the molecule is Cc1ccc(C2CNC(C)C2)cc1. The molecule has 70 valence electrons. The van der Waals surface area contributed by atoms with Crippen LogP contribution >= 0.6 is 0 Å². The van der Waals surface area contributed by atoms with E-state index >= 15 is 0 Å². The molecule has 2 rings (SSSR count). The minimum atomic E-state index is 0.686. The van der Waals surface area contributed by atoms with E-state index in [0.717, 1.165) is 12.5 Å². The number of hydrogen-bond acceptors (Lipinski definition) is 1. The standard InChI is InChI=1S/C12H17N/c1-9-3-5-11(6-4-9)12-7-10(2)13-8-12/h3-6,10,12-13H,7-8H2,1-2H3. The van der Waals surface area contributed by atoms with E-state index in [4.69, 9.17) is 0 Å². The van der Waals surface area contributed by atoms with E-state index in [-0.39, 0.29) is 0 Å². The summed E-state index contributed by atoms with van der Waals surface area (Å²) < 4.78 is 0. The maximum Gasteiger partial charge on any atom is 0.00452 e. The Kier molecular flexibility index (Phi) is 2.36. The fraction of sp³-hybridized carbons (Fsp3) is 0.500. The van der Waals surface area contributed by atoms with Crippen molar-refractivity contribution in [3.05, 3.63) is 35.4 Å². The zero-order chi connectivity index (χ0) is 9.26. The molecular formula is C12H17N. The van der Waals surface area contributed by atoms with Crippen LogP contribution in [0.3, 0.4) is 0 Å². The van der Waals surface area contributed by atoms with E-state index in [9.17, 15) is 0 Å². The highest BCUT2D eigenvalue weighted by Crippen LogP contribution is 2.25. The van der Waals surface area contributed by atoms with Crippen LogP contribution in [-0.2, 0) is 0 Å². The normalized spacial score (nSPS) is 27.8. The van der Waals surface area contributed by atoms with Crippen LogP contribution in [0.25, 0.3) is 0 Å². The Morgan fingerprint density at radius 1 is 1.23 bits per heavy atom. The third-order valence-electron chi connectivity index (χ3n) is 2.90. The zero-order valence-corrected chi connectivity index (χ0v) is 8.38. The third kappa shape index (κ3) is 1.92. The summed E-state index contributed by atoms with van der Waals surface area (Å²) in [6.45, 7) is 5.54. The second-order valence-corrected chi connectivity index (χ2v) is 4.15. The summed E-state index contributed by atoms with van der Waals surface area (Å²) in [5, 5.41) is 3.48. The van der Waals surface area contributed by atoms with Gasteiger partial charge in [0.2, 0.25) is 0 Å². The van der Waals surface area contributed by atoms with E-state index < -0.39 is 0 Å². The Bertz CT molecular complexity index is 276. The molecule has 1 heteroatoms. The lowest BCUT2D eigenvalue weighted by Crippen LogP contribution is -2.16. The summed E-state index contributed by atoms with van der Waals surface area (Å²) in [7, 11) is 0. The van der Waals surface area contributed by atoms with Gasteiger partial charge in [0.25, 0.3) is 0 Å². The molecule has 1 fully saturated rings. The van der Waals surface area contributed by atoms with E-state index in [1.807, 2.05) is 0 Å². The van der Waals surface area contributed by atoms with Crippen LogP contribution in [0.5, 0.6) is 0 Å². The molecule has 0 spiro atoms. The molecule has 1 N–H and O–H groups in total. The van der Waals surface area contributed by atoms with Crippen molar-refractivity contribution >= 4 is 0 Å². The quantitative estimate of drug-likeness (QED) is 0.691. The van der Waals surface area contributed by atoms with Crippen LogP contribution < -0.4 is 5.32 Å². The molecule has 1 aliphatic rings. The average Bonchev–Trinajstić information content (AvgIpc) is 2.53. The van der Waals surface area contributed by atoms with Crippen LogP contribution in [-0.4, -0.2) is 12.6 Å². The second-order valence-electron chi connectivity index (χ2n) is 4.15. The Morgan fingerprint density at radius 2 is 1.92 bits per heavy atom. The lowest BCUT2D eigenvalue weighted by atomic mass is 9.96. The topological polar surface area (TPSA) is 12.0 Å². The lowest BCUT2D eigenvalue weighted by Gasteiger charge is -2.08. The summed E-state index contributed by atoms with van der Waals surface area (Å²) in [6.07, 6.45) is 1.28. The monoisotopic (exact) mass is 175 g/mol. The molecular weight excluding hydrogens is 158 g/mol. The lowest BCUT2D eigenvalue weighted by molar-refractivity contribution is 0.658. The van der Waals surface area contributed by atoms with Gasteiger partial charge in [0.1, 0.15) is 0 Å². The molecule has 0 bridgehead atoms. The number of nitrogens with one attached hydrogen (secondary N) is 1. The molecule has 1 nitrogen and oxygen atoms in total. The van der Waals surface area contributed by atoms with Gasteiger partial charge in [-0.05, 0) is 31.7 Å². The Labute approximate surface area is 80.2 Å². The van der Waals surface area contributed by atoms with Crippen molar-refractivity contribution in [2.24, 2.45) is 0 Å². The maximum atomic E-state index is 3.48. The van der Waals surface area contributed by atoms with E-state index in [0.29, 0.717) is 6.04 Å². The van der Waals surface area contributed by atoms with Gasteiger partial charge in [0.05, 0.1) is 0 Å². The summed E-state index contributed by atoms with van der Waals surface area (Å²) in [6, 6.07) is 9.63. The summed E-state index contributed by atoms with van der Waals surface area (Å²) in [5.41, 5.74) is 2.84. The summed E-state index contributed by atoms with van der Waals surface area (Å²) in [5.74, 6) is 0.732. The molecule has 1 saturated heterocycles. The van der Waals surface area contributed by atoms with Crippen LogP contribution in [0.1, 0.15) is 30.4 Å². The highest BCUT2D eigenvalue weighted by atomic mass is 14.9. The van der Waals surface area contributed by atoms with Crippen molar-refractivity contribution in [2.45, 2.75) is 32.2 Å². The molecule has 0 aliphatic carbocycles. The van der Waals surface area contributed by atoms with Gasteiger partial charge >= 0.3 is 0 Å². The first-order chi connectivity index (χ1) is 6.25. The number of rotatable bonds is 1. The molecule has 1 aliphatic heterocycles. The van der Waals surface area contributed by atoms with Gasteiger partial charge < -0.3 is 5.32 Å². The highest BCUT2D eigenvalue weighted by molar-refractivity contribution is 5.25. The molecule has 2 unspecified atom stereocenters. The van der Waals surface area contributed by atoms with Crippen LogP contribution in [0.15, 0.2) is 24.3 Å². The molecule has 0 aromatic heterocycles. The summed E-state index contributed by atoms with van der Waals surface area (Å²) in [4.78, 5) is 0. The molecule has 13 heavy (non-hydrogen) atoms. The van der Waals surface area contributed by atoms with Crippen molar-refractivity contribution in [3.8, 4) is 0 Å². The Balaban J connectivity index is 2.13. The third-order valence-corrected chi connectivity index (χ3v) is 2.90. The minimum Gasteiger partial charge on any atom is -0.314 e. The van der Waals surface area contributed by atoms with Gasteiger partial charge in [-0.2, -0.15) is 0 Å². The molecule has 0 radical (unpaired) electrons. The van der Waals surface area contributed by atoms with E-state index in [2.05, 4.69) is 43.4 Å². The van der Waals surface area contributed by atoms with Crippen LogP contribution in [0, 0.1) is 6.92 Å². The number of benzene rings is 1. The summed E-state index contributed by atoms with van der Waals surface area (Å²) >= 11 is 0. The van der Waals surface area contributed by atoms with Crippen molar-refractivity contribution in [3.63, 3.8) is 0 Å². The largest absolute Gasteiger partial charge is 0.314 e. The zero-order valence-electron chi connectivity index (χ0n) is 8.38. The van der Waals surface area contributed by atoms with E-state index in [1.165, 1.54) is 17.5 Å². The molecule has 1 aromatic carbocycles. The predicted molar refractivity (Wildman–Crippen MR) is 56.0 cm³/mol. The van der Waals surface area contributed by atoms with E-state index in [1.54, 1.807) is 0 Å². The first-order valence-electron chi connectivity index (χ1n) is 5.05. The fourth-order valence-corrected chi connectivity index (χ4v) is 2.03. The van der Waals surface area contributed by atoms with Crippen molar-refractivity contribution in [1.82, 2.24) is 5.32 Å². The smallest absolute Gasteiger partial charge is 0.00452 e. The van der Waals surface area contributed by atoms with Crippen molar-refractivity contribution in [1.29, 1.82) is 0 Å². The van der Waals surface area contributed by atoms with Crippen molar-refractivity contribution in [2.75, 3.05) is 6.54 Å². The minimum absolute atomic E-state index is 0.686. The van der Waals surface area contributed by atoms with Gasteiger partial charge in [-0.15, -0.1) is 0 Å². The molecule has 1 heterocycles. The molecule has 2 atom stereocenters. The van der Waals surface area contributed by atoms with Crippen molar-refractivity contribution < 1.29 is 0 Å². The van der Waals surface area contributed by atoms with Gasteiger partial charge in [-0.25, -0.2) is 0 Å². The first kappa shape index (κ1) is 8.76. The van der Waals surface area contributed by atoms with Gasteiger partial charge in [0, 0.05) is 12.6 Å². The molecule has 0 amide bonds. The molecule has 0 saturated carbocycles. The van der Waals surface area contributed by atoms with Gasteiger partial charge in [-0.1, -0.05) is 29.8 Å². The Morgan fingerprint density at radius 3 is 2.46 bits per heavy atom. The maximum absolute atomic E-state index is 3.48. The number of aryl methyl sites for hydroxylation is 1. The number of hydrogen-bond donors (Lipinski definition) is 1. The van der Waals surface area contributed by atoms with Crippen LogP contribution in [0.4, 0.5) is 0 Å². The second kappa shape index (κ2) is 3.51. The predicted octanol–water partition coefficient (Wildman–Crippen LogP) is 2.46. The Hall–Kier alpha value is -0.820. The fourth-order valence-electron chi connectivity index (χ4n) is 2.03. The molecule has 1 aromatic rings. The first-order valence-corrected chi connectivity index (χ1v) is 5.05.